The molecule has 1 heterocycles. The van der Waals surface area contributed by atoms with Gasteiger partial charge in [0, 0.05) is 23.2 Å². The minimum atomic E-state index is -0.692. The van der Waals surface area contributed by atoms with Crippen LogP contribution >= 0.6 is 0 Å². The molecule has 0 bridgehead atoms. The fourth-order valence-electron chi connectivity index (χ4n) is 2.14. The molecule has 5 heteroatoms. The zero-order valence-electron chi connectivity index (χ0n) is 12.5. The van der Waals surface area contributed by atoms with Crippen LogP contribution in [0.25, 0.3) is 11.0 Å². The largest absolute Gasteiger partial charge is 0.481 e. The first kappa shape index (κ1) is 14.8. The lowest BCUT2D eigenvalue weighted by atomic mass is 10.2. The fraction of sp³-hybridized carbons (Fsp3) is 0.111. The molecule has 0 aliphatic heterocycles. The van der Waals surface area contributed by atoms with Crippen molar-refractivity contribution in [1.82, 2.24) is 0 Å². The van der Waals surface area contributed by atoms with Crippen LogP contribution in [0.3, 0.4) is 0 Å². The lowest BCUT2D eigenvalue weighted by molar-refractivity contribution is -0.122. The van der Waals surface area contributed by atoms with Crippen molar-refractivity contribution in [2.75, 3.05) is 5.32 Å². The third kappa shape index (κ3) is 3.58. The summed E-state index contributed by atoms with van der Waals surface area (Å²) in [6.07, 6.45) is -0.692. The second-order valence-electron chi connectivity index (χ2n) is 5.07. The predicted molar refractivity (Wildman–Crippen MR) is 87.6 cm³/mol. The SMILES string of the molecule is C[C@H](Oc1ccc2ccc(=O)oc2c1)C(=O)Nc1ccccc1. The van der Waals surface area contributed by atoms with E-state index in [0.29, 0.717) is 17.0 Å². The van der Waals surface area contributed by atoms with Crippen LogP contribution < -0.4 is 15.7 Å². The molecule has 0 saturated heterocycles. The topological polar surface area (TPSA) is 68.5 Å². The van der Waals surface area contributed by atoms with Crippen molar-refractivity contribution in [1.29, 1.82) is 0 Å². The van der Waals surface area contributed by atoms with E-state index in [2.05, 4.69) is 5.32 Å². The molecular formula is C18H15NO4. The third-order valence-electron chi connectivity index (χ3n) is 3.32. The molecule has 3 rings (SSSR count). The van der Waals surface area contributed by atoms with Gasteiger partial charge in [-0.2, -0.15) is 0 Å². The first-order valence-corrected chi connectivity index (χ1v) is 7.18. The fourth-order valence-corrected chi connectivity index (χ4v) is 2.14. The van der Waals surface area contributed by atoms with Crippen molar-refractivity contribution in [2.24, 2.45) is 0 Å². The van der Waals surface area contributed by atoms with E-state index < -0.39 is 11.7 Å². The molecule has 0 aliphatic rings. The summed E-state index contributed by atoms with van der Waals surface area (Å²) < 4.78 is 10.7. The van der Waals surface area contributed by atoms with E-state index >= 15 is 0 Å². The van der Waals surface area contributed by atoms with Gasteiger partial charge in [-0.25, -0.2) is 4.79 Å². The van der Waals surface area contributed by atoms with Gasteiger partial charge in [0.15, 0.2) is 6.10 Å². The van der Waals surface area contributed by atoms with Crippen LogP contribution in [0.1, 0.15) is 6.92 Å². The van der Waals surface area contributed by atoms with Crippen molar-refractivity contribution in [3.8, 4) is 5.75 Å². The number of ether oxygens (including phenoxy) is 1. The number of hydrogen-bond acceptors (Lipinski definition) is 4. The first-order valence-electron chi connectivity index (χ1n) is 7.18. The van der Waals surface area contributed by atoms with Crippen LogP contribution in [0.2, 0.25) is 0 Å². The molecule has 5 nitrogen and oxygen atoms in total. The number of carbonyl (C=O) groups is 1. The Morgan fingerprint density at radius 1 is 1.09 bits per heavy atom. The number of anilines is 1. The molecule has 2 aromatic carbocycles. The second-order valence-corrected chi connectivity index (χ2v) is 5.07. The number of carbonyl (C=O) groups excluding carboxylic acids is 1. The molecule has 0 aliphatic carbocycles. The lowest BCUT2D eigenvalue weighted by Crippen LogP contribution is -2.30. The molecule has 0 spiro atoms. The van der Waals surface area contributed by atoms with Crippen molar-refractivity contribution >= 4 is 22.6 Å². The Morgan fingerprint density at radius 3 is 2.61 bits per heavy atom. The summed E-state index contributed by atoms with van der Waals surface area (Å²) in [5.74, 6) is 0.202. The highest BCUT2D eigenvalue weighted by atomic mass is 16.5. The summed E-state index contributed by atoms with van der Waals surface area (Å²) in [5, 5.41) is 3.56. The minimum absolute atomic E-state index is 0.259. The summed E-state index contributed by atoms with van der Waals surface area (Å²) in [7, 11) is 0. The molecule has 1 N–H and O–H groups in total. The smallest absolute Gasteiger partial charge is 0.336 e. The summed E-state index contributed by atoms with van der Waals surface area (Å²) in [5.41, 5.74) is 0.702. The maximum Gasteiger partial charge on any atom is 0.336 e. The quantitative estimate of drug-likeness (QED) is 0.751. The summed E-state index contributed by atoms with van der Waals surface area (Å²) in [6, 6.07) is 17.3. The second kappa shape index (κ2) is 6.36. The molecule has 1 aromatic heterocycles. The van der Waals surface area contributed by atoms with E-state index in [1.807, 2.05) is 18.2 Å². The average molecular weight is 309 g/mol. The number of hydrogen-bond donors (Lipinski definition) is 1. The molecule has 0 fully saturated rings. The van der Waals surface area contributed by atoms with E-state index in [1.54, 1.807) is 43.3 Å². The van der Waals surface area contributed by atoms with Gasteiger partial charge in [0.2, 0.25) is 0 Å². The average Bonchev–Trinajstić information content (AvgIpc) is 2.55. The maximum atomic E-state index is 12.1. The monoisotopic (exact) mass is 309 g/mol. The van der Waals surface area contributed by atoms with Crippen molar-refractivity contribution in [3.05, 3.63) is 71.1 Å². The van der Waals surface area contributed by atoms with Gasteiger partial charge in [-0.15, -0.1) is 0 Å². The highest BCUT2D eigenvalue weighted by molar-refractivity contribution is 5.94. The number of para-hydroxylation sites is 1. The number of fused-ring (bicyclic) bond motifs is 1. The Kier molecular flexibility index (Phi) is 4.10. The van der Waals surface area contributed by atoms with Gasteiger partial charge in [-0.3, -0.25) is 4.79 Å². The maximum absolute atomic E-state index is 12.1. The van der Waals surface area contributed by atoms with E-state index in [-0.39, 0.29) is 5.91 Å². The summed E-state index contributed by atoms with van der Waals surface area (Å²) in [4.78, 5) is 23.4. The Bertz CT molecular complexity index is 886. The van der Waals surface area contributed by atoms with Gasteiger partial charge in [0.25, 0.3) is 5.91 Å². The highest BCUT2D eigenvalue weighted by Gasteiger charge is 2.15. The van der Waals surface area contributed by atoms with Crippen LogP contribution in [0.15, 0.2) is 69.9 Å². The van der Waals surface area contributed by atoms with Gasteiger partial charge >= 0.3 is 5.63 Å². The van der Waals surface area contributed by atoms with Gasteiger partial charge in [0.05, 0.1) is 0 Å². The summed E-state index contributed by atoms with van der Waals surface area (Å²) in [6.45, 7) is 1.66. The Labute approximate surface area is 132 Å². The molecule has 1 atom stereocenters. The normalized spacial score (nSPS) is 11.9. The number of benzene rings is 2. The molecule has 1 amide bonds. The van der Waals surface area contributed by atoms with Crippen LogP contribution in [-0.2, 0) is 4.79 Å². The zero-order valence-corrected chi connectivity index (χ0v) is 12.5. The van der Waals surface area contributed by atoms with E-state index in [0.717, 1.165) is 5.39 Å². The van der Waals surface area contributed by atoms with E-state index in [4.69, 9.17) is 9.15 Å². The van der Waals surface area contributed by atoms with Crippen molar-refractivity contribution < 1.29 is 13.9 Å². The molecule has 0 unspecified atom stereocenters. The van der Waals surface area contributed by atoms with E-state index in [1.165, 1.54) is 6.07 Å². The number of rotatable bonds is 4. The number of nitrogens with one attached hydrogen (secondary N) is 1. The molecule has 116 valence electrons. The first-order chi connectivity index (χ1) is 11.1. The Morgan fingerprint density at radius 2 is 1.83 bits per heavy atom. The minimum Gasteiger partial charge on any atom is -0.481 e. The van der Waals surface area contributed by atoms with Gasteiger partial charge < -0.3 is 14.5 Å². The van der Waals surface area contributed by atoms with Gasteiger partial charge in [-0.05, 0) is 37.3 Å². The number of amides is 1. The van der Waals surface area contributed by atoms with Gasteiger partial charge in [-0.1, -0.05) is 18.2 Å². The Balaban J connectivity index is 1.73. The molecule has 23 heavy (non-hydrogen) atoms. The third-order valence-corrected chi connectivity index (χ3v) is 3.32. The molecule has 3 aromatic rings. The molecular weight excluding hydrogens is 294 g/mol. The standard InChI is InChI=1S/C18H15NO4/c1-12(18(21)19-14-5-3-2-4-6-14)22-15-9-7-13-8-10-17(20)23-16(13)11-15/h2-12H,1H3,(H,19,21)/t12-/m0/s1. The van der Waals surface area contributed by atoms with E-state index in [9.17, 15) is 9.59 Å². The van der Waals surface area contributed by atoms with Crippen LogP contribution in [0.4, 0.5) is 5.69 Å². The summed E-state index contributed by atoms with van der Waals surface area (Å²) >= 11 is 0. The molecule has 0 radical (unpaired) electrons. The zero-order chi connectivity index (χ0) is 16.2. The van der Waals surface area contributed by atoms with Crippen molar-refractivity contribution in [2.45, 2.75) is 13.0 Å². The van der Waals surface area contributed by atoms with Crippen LogP contribution in [0, 0.1) is 0 Å². The van der Waals surface area contributed by atoms with Gasteiger partial charge in [0.1, 0.15) is 11.3 Å². The predicted octanol–water partition coefficient (Wildman–Crippen LogP) is 3.20. The van der Waals surface area contributed by atoms with Crippen LogP contribution in [-0.4, -0.2) is 12.0 Å². The van der Waals surface area contributed by atoms with Crippen LogP contribution in [0.5, 0.6) is 5.75 Å². The Hall–Kier alpha value is -3.08. The van der Waals surface area contributed by atoms with Crippen molar-refractivity contribution in [3.63, 3.8) is 0 Å². The highest BCUT2D eigenvalue weighted by Crippen LogP contribution is 2.20. The molecule has 0 saturated carbocycles. The lowest BCUT2D eigenvalue weighted by Gasteiger charge is -2.15.